The second-order valence-corrected chi connectivity index (χ2v) is 3.23. The van der Waals surface area contributed by atoms with Crippen molar-refractivity contribution in [2.75, 3.05) is 19.0 Å². The molecule has 1 rings (SSSR count). The summed E-state index contributed by atoms with van der Waals surface area (Å²) in [4.78, 5) is 1.63. The van der Waals surface area contributed by atoms with Crippen molar-refractivity contribution in [2.24, 2.45) is 0 Å². The molecule has 0 spiro atoms. The van der Waals surface area contributed by atoms with Gasteiger partial charge < -0.3 is 9.64 Å². The number of alkyl halides is 3. The highest BCUT2D eigenvalue weighted by Gasteiger charge is 2.31. The minimum atomic E-state index is -4.74. The van der Waals surface area contributed by atoms with Crippen molar-refractivity contribution in [2.45, 2.75) is 6.36 Å². The highest BCUT2D eigenvalue weighted by atomic mass is 19.4. The van der Waals surface area contributed by atoms with E-state index in [0.29, 0.717) is 5.69 Å². The summed E-state index contributed by atoms with van der Waals surface area (Å²) in [6, 6.07) is 5.45. The normalized spacial score (nSPS) is 10.8. The highest BCUT2D eigenvalue weighted by Crippen LogP contribution is 2.27. The summed E-state index contributed by atoms with van der Waals surface area (Å²) < 4.78 is 39.5. The maximum atomic E-state index is 11.9. The maximum Gasteiger partial charge on any atom is 0.573 e. The van der Waals surface area contributed by atoms with Crippen molar-refractivity contribution < 1.29 is 17.9 Å². The van der Waals surface area contributed by atoms with Gasteiger partial charge in [0.2, 0.25) is 0 Å². The highest BCUT2D eigenvalue weighted by molar-refractivity contribution is 5.60. The minimum absolute atomic E-state index is 0.131. The van der Waals surface area contributed by atoms with Crippen LogP contribution in [-0.2, 0) is 0 Å². The Kier molecular flexibility index (Phi) is 3.28. The van der Waals surface area contributed by atoms with Gasteiger partial charge in [0, 0.05) is 20.2 Å². The molecule has 0 heterocycles. The lowest BCUT2D eigenvalue weighted by molar-refractivity contribution is -0.274. The minimum Gasteiger partial charge on any atom is -0.406 e. The third kappa shape index (κ3) is 3.05. The molecule has 1 aromatic rings. The molecule has 6 heteroatoms. The average Bonchev–Trinajstić information content (AvgIpc) is 2.14. The van der Waals surface area contributed by atoms with Gasteiger partial charge in [-0.2, -0.15) is 5.26 Å². The summed E-state index contributed by atoms with van der Waals surface area (Å²) in [7, 11) is 3.39. The Bertz CT molecular complexity index is 421. The molecule has 0 aliphatic carbocycles. The number of hydrogen-bond donors (Lipinski definition) is 0. The van der Waals surface area contributed by atoms with E-state index in [1.807, 2.05) is 6.07 Å². The molecule has 1 aromatic carbocycles. The predicted octanol–water partition coefficient (Wildman–Crippen LogP) is 2.52. The molecule has 0 atom stereocenters. The number of ether oxygens (including phenoxy) is 1. The largest absolute Gasteiger partial charge is 0.573 e. The Labute approximate surface area is 90.7 Å². The zero-order valence-corrected chi connectivity index (χ0v) is 8.67. The van der Waals surface area contributed by atoms with Gasteiger partial charge in [0.05, 0.1) is 11.3 Å². The molecular formula is C10H9F3N2O. The summed E-state index contributed by atoms with van der Waals surface area (Å²) in [6.45, 7) is 0. The zero-order chi connectivity index (χ0) is 12.3. The van der Waals surface area contributed by atoms with E-state index in [2.05, 4.69) is 4.74 Å². The van der Waals surface area contributed by atoms with Gasteiger partial charge in [-0.1, -0.05) is 0 Å². The van der Waals surface area contributed by atoms with E-state index < -0.39 is 12.1 Å². The third-order valence-electron chi connectivity index (χ3n) is 1.80. The van der Waals surface area contributed by atoms with Crippen molar-refractivity contribution in [1.29, 1.82) is 5.26 Å². The molecule has 0 amide bonds. The van der Waals surface area contributed by atoms with Crippen LogP contribution in [0.1, 0.15) is 5.56 Å². The van der Waals surface area contributed by atoms with E-state index in [0.717, 1.165) is 6.07 Å². The molecule has 86 valence electrons. The quantitative estimate of drug-likeness (QED) is 0.783. The van der Waals surface area contributed by atoms with Gasteiger partial charge >= 0.3 is 6.36 Å². The first kappa shape index (κ1) is 12.2. The first-order chi connectivity index (χ1) is 7.33. The van der Waals surface area contributed by atoms with E-state index in [9.17, 15) is 13.2 Å². The molecule has 0 radical (unpaired) electrons. The Morgan fingerprint density at radius 3 is 2.38 bits per heavy atom. The molecular weight excluding hydrogens is 221 g/mol. The first-order valence-electron chi connectivity index (χ1n) is 4.30. The van der Waals surface area contributed by atoms with Gasteiger partial charge in [-0.15, -0.1) is 13.2 Å². The molecule has 0 unspecified atom stereocenters. The van der Waals surface area contributed by atoms with Crippen LogP contribution in [0.3, 0.4) is 0 Å². The van der Waals surface area contributed by atoms with E-state index in [-0.39, 0.29) is 5.56 Å². The van der Waals surface area contributed by atoms with Crippen molar-refractivity contribution in [1.82, 2.24) is 0 Å². The van der Waals surface area contributed by atoms with Crippen LogP contribution < -0.4 is 9.64 Å². The van der Waals surface area contributed by atoms with E-state index >= 15 is 0 Å². The van der Waals surface area contributed by atoms with Crippen LogP contribution in [0, 0.1) is 11.3 Å². The lowest BCUT2D eigenvalue weighted by Gasteiger charge is -2.15. The van der Waals surface area contributed by atoms with Gasteiger partial charge in [0.1, 0.15) is 11.8 Å². The molecule has 0 fully saturated rings. The fourth-order valence-corrected chi connectivity index (χ4v) is 1.19. The number of anilines is 1. The van der Waals surface area contributed by atoms with Crippen molar-refractivity contribution in [3.05, 3.63) is 23.8 Å². The lowest BCUT2D eigenvalue weighted by atomic mass is 10.2. The van der Waals surface area contributed by atoms with E-state index in [4.69, 9.17) is 5.26 Å². The van der Waals surface area contributed by atoms with Crippen LogP contribution in [0.25, 0.3) is 0 Å². The van der Waals surface area contributed by atoms with Gasteiger partial charge in [0.15, 0.2) is 0 Å². The number of rotatable bonds is 2. The number of hydrogen-bond acceptors (Lipinski definition) is 3. The standard InChI is InChI=1S/C10H9F3N2O/c1-15(2)9-4-3-8(5-7(9)6-14)16-10(11,12)13/h3-5H,1-2H3. The molecule has 0 bridgehead atoms. The second kappa shape index (κ2) is 4.31. The SMILES string of the molecule is CN(C)c1ccc(OC(F)(F)F)cc1C#N. The van der Waals surface area contributed by atoms with Gasteiger partial charge in [0.25, 0.3) is 0 Å². The summed E-state index contributed by atoms with van der Waals surface area (Å²) in [5.41, 5.74) is 0.670. The van der Waals surface area contributed by atoms with Crippen molar-refractivity contribution in [3.63, 3.8) is 0 Å². The molecule has 0 saturated carbocycles. The smallest absolute Gasteiger partial charge is 0.406 e. The monoisotopic (exact) mass is 230 g/mol. The van der Waals surface area contributed by atoms with Crippen LogP contribution in [0.2, 0.25) is 0 Å². The number of halogens is 3. The molecule has 0 N–H and O–H groups in total. The third-order valence-corrected chi connectivity index (χ3v) is 1.80. The van der Waals surface area contributed by atoms with E-state index in [1.54, 1.807) is 19.0 Å². The Hall–Kier alpha value is -1.90. The topological polar surface area (TPSA) is 36.3 Å². The van der Waals surface area contributed by atoms with Gasteiger partial charge in [-0.25, -0.2) is 0 Å². The lowest BCUT2D eigenvalue weighted by Crippen LogP contribution is -2.17. The molecule has 0 aromatic heterocycles. The fraction of sp³-hybridized carbons (Fsp3) is 0.300. The van der Waals surface area contributed by atoms with Gasteiger partial charge in [-0.05, 0) is 12.1 Å². The fourth-order valence-electron chi connectivity index (χ4n) is 1.19. The molecule has 0 saturated heterocycles. The molecule has 0 aliphatic rings. The van der Waals surface area contributed by atoms with Crippen LogP contribution >= 0.6 is 0 Å². The average molecular weight is 230 g/mol. The number of nitriles is 1. The predicted molar refractivity (Wildman–Crippen MR) is 52.2 cm³/mol. The number of benzene rings is 1. The summed E-state index contributed by atoms with van der Waals surface area (Å²) >= 11 is 0. The Balaban J connectivity index is 3.06. The van der Waals surface area contributed by atoms with Crippen LogP contribution in [0.4, 0.5) is 18.9 Å². The maximum absolute atomic E-state index is 11.9. The number of nitrogens with zero attached hydrogens (tertiary/aromatic N) is 2. The summed E-state index contributed by atoms with van der Waals surface area (Å²) in [5, 5.41) is 8.78. The summed E-state index contributed by atoms with van der Waals surface area (Å²) in [5.74, 6) is -0.394. The van der Waals surface area contributed by atoms with Gasteiger partial charge in [-0.3, -0.25) is 0 Å². The van der Waals surface area contributed by atoms with E-state index in [1.165, 1.54) is 12.1 Å². The van der Waals surface area contributed by atoms with Crippen LogP contribution in [-0.4, -0.2) is 20.5 Å². The Morgan fingerprint density at radius 2 is 1.94 bits per heavy atom. The second-order valence-electron chi connectivity index (χ2n) is 3.23. The Morgan fingerprint density at radius 1 is 1.31 bits per heavy atom. The van der Waals surface area contributed by atoms with Crippen LogP contribution in [0.5, 0.6) is 5.75 Å². The molecule has 0 aliphatic heterocycles. The van der Waals surface area contributed by atoms with Crippen molar-refractivity contribution >= 4 is 5.69 Å². The zero-order valence-electron chi connectivity index (χ0n) is 8.67. The van der Waals surface area contributed by atoms with Crippen molar-refractivity contribution in [3.8, 4) is 11.8 Å². The molecule has 3 nitrogen and oxygen atoms in total. The molecule has 16 heavy (non-hydrogen) atoms. The van der Waals surface area contributed by atoms with Crippen LogP contribution in [0.15, 0.2) is 18.2 Å². The summed E-state index contributed by atoms with van der Waals surface area (Å²) in [6.07, 6.45) is -4.74. The first-order valence-corrected chi connectivity index (χ1v) is 4.30.